The molecule has 0 saturated carbocycles. The molecule has 9 heteroatoms. The molecule has 0 bridgehead atoms. The smallest absolute Gasteiger partial charge is 0.433 e. The van der Waals surface area contributed by atoms with E-state index in [1.807, 2.05) is 0 Å². The van der Waals surface area contributed by atoms with Gasteiger partial charge >= 0.3 is 12.1 Å². The van der Waals surface area contributed by atoms with Crippen molar-refractivity contribution in [2.45, 2.75) is 19.5 Å². The van der Waals surface area contributed by atoms with Gasteiger partial charge in [0.25, 0.3) is 0 Å². The first-order valence-corrected chi connectivity index (χ1v) is 7.35. The minimum atomic E-state index is -4.68. The van der Waals surface area contributed by atoms with E-state index in [1.54, 1.807) is 6.92 Å². The van der Waals surface area contributed by atoms with E-state index in [0.717, 1.165) is 0 Å². The predicted molar refractivity (Wildman–Crippen MR) is 66.7 cm³/mol. The minimum absolute atomic E-state index is 0.0595. The van der Waals surface area contributed by atoms with Gasteiger partial charge in [0, 0.05) is 0 Å². The number of benzene rings is 1. The molecule has 110 valence electrons. The van der Waals surface area contributed by atoms with Gasteiger partial charge in [0.1, 0.15) is 5.52 Å². The summed E-state index contributed by atoms with van der Waals surface area (Å²) < 4.78 is 67.2. The van der Waals surface area contributed by atoms with E-state index in [2.05, 4.69) is 14.1 Å². The van der Waals surface area contributed by atoms with Crippen molar-refractivity contribution in [3.8, 4) is 0 Å². The Bertz CT molecular complexity index is 722. The maximum Gasteiger partial charge on any atom is 0.468 e. The lowest BCUT2D eigenvalue weighted by Crippen LogP contribution is -2.15. The van der Waals surface area contributed by atoms with Gasteiger partial charge in [-0.1, -0.05) is 6.92 Å². The van der Waals surface area contributed by atoms with Gasteiger partial charge in [0.05, 0.1) is 11.4 Å². The first-order chi connectivity index (χ1) is 9.21. The summed E-state index contributed by atoms with van der Waals surface area (Å²) in [6.45, 7) is 1.70. The fraction of sp³-hybridized carbons (Fsp3) is 0.364. The molecular formula is C11H11F3N2O3S. The van der Waals surface area contributed by atoms with Gasteiger partial charge in [0.2, 0.25) is 10.0 Å². The zero-order valence-corrected chi connectivity index (χ0v) is 11.2. The fourth-order valence-corrected chi connectivity index (χ4v) is 2.74. The predicted octanol–water partition coefficient (Wildman–Crippen LogP) is 3.00. The standard InChI is InChI=1S/C11H11F3N2O3S/c1-2-5-20(17,18)16-7-3-4-9-8(6-7)15-10(19-9)11(12,13)14/h3-4,6,16H,2,5H2,1H3. The number of hydrogen-bond donors (Lipinski definition) is 1. The Balaban J connectivity index is 2.35. The van der Waals surface area contributed by atoms with Crippen molar-refractivity contribution in [1.82, 2.24) is 4.98 Å². The van der Waals surface area contributed by atoms with E-state index in [9.17, 15) is 21.6 Å². The summed E-state index contributed by atoms with van der Waals surface area (Å²) in [7, 11) is -3.51. The Labute approximate surface area is 112 Å². The summed E-state index contributed by atoms with van der Waals surface area (Å²) in [6, 6.07) is 3.75. The quantitative estimate of drug-likeness (QED) is 0.942. The lowest BCUT2D eigenvalue weighted by atomic mass is 10.3. The third-order valence-electron chi connectivity index (χ3n) is 2.38. The van der Waals surface area contributed by atoms with Crippen molar-refractivity contribution in [2.75, 3.05) is 10.5 Å². The van der Waals surface area contributed by atoms with Crippen LogP contribution in [0.25, 0.3) is 11.1 Å². The van der Waals surface area contributed by atoms with E-state index in [-0.39, 0.29) is 22.5 Å². The Morgan fingerprint density at radius 3 is 2.65 bits per heavy atom. The van der Waals surface area contributed by atoms with Gasteiger partial charge in [-0.05, 0) is 24.6 Å². The first-order valence-electron chi connectivity index (χ1n) is 5.69. The molecule has 0 aliphatic carbocycles. The fourth-order valence-electron chi connectivity index (χ4n) is 1.61. The summed E-state index contributed by atoms with van der Waals surface area (Å²) in [5.74, 6) is -1.43. The second-order valence-electron chi connectivity index (χ2n) is 4.12. The molecule has 0 aliphatic heterocycles. The van der Waals surface area contributed by atoms with Gasteiger partial charge in [0.15, 0.2) is 5.58 Å². The van der Waals surface area contributed by atoms with Crippen LogP contribution in [-0.2, 0) is 16.2 Å². The highest BCUT2D eigenvalue weighted by Gasteiger charge is 2.37. The summed E-state index contributed by atoms with van der Waals surface area (Å²) >= 11 is 0. The molecule has 0 saturated heterocycles. The number of rotatable bonds is 4. The average Bonchev–Trinajstić information content (AvgIpc) is 2.70. The second kappa shape index (κ2) is 4.97. The molecule has 0 unspecified atom stereocenters. The van der Waals surface area contributed by atoms with Gasteiger partial charge in [-0.25, -0.2) is 13.4 Å². The van der Waals surface area contributed by atoms with Crippen LogP contribution in [0.15, 0.2) is 22.6 Å². The second-order valence-corrected chi connectivity index (χ2v) is 5.96. The molecule has 1 N–H and O–H groups in total. The number of sulfonamides is 1. The summed E-state index contributed by atoms with van der Waals surface area (Å²) in [5, 5.41) is 0. The van der Waals surface area contributed by atoms with Crippen molar-refractivity contribution >= 4 is 26.8 Å². The summed E-state index contributed by atoms with van der Waals surface area (Å²) in [4.78, 5) is 3.29. The van der Waals surface area contributed by atoms with Crippen LogP contribution < -0.4 is 4.72 Å². The van der Waals surface area contributed by atoms with Gasteiger partial charge in [-0.15, -0.1) is 0 Å². The van der Waals surface area contributed by atoms with Crippen LogP contribution in [0.4, 0.5) is 18.9 Å². The van der Waals surface area contributed by atoms with Crippen LogP contribution in [0.5, 0.6) is 0 Å². The van der Waals surface area contributed by atoms with Crippen LogP contribution >= 0.6 is 0 Å². The van der Waals surface area contributed by atoms with E-state index in [0.29, 0.717) is 6.42 Å². The monoisotopic (exact) mass is 308 g/mol. The third kappa shape index (κ3) is 3.21. The van der Waals surface area contributed by atoms with Crippen molar-refractivity contribution in [1.29, 1.82) is 0 Å². The number of alkyl halides is 3. The number of nitrogens with zero attached hydrogens (tertiary/aromatic N) is 1. The molecule has 0 aliphatic rings. The zero-order chi connectivity index (χ0) is 15.0. The molecule has 0 fully saturated rings. The molecule has 1 aromatic heterocycles. The molecule has 0 amide bonds. The number of anilines is 1. The number of oxazole rings is 1. The lowest BCUT2D eigenvalue weighted by molar-refractivity contribution is -0.156. The minimum Gasteiger partial charge on any atom is -0.433 e. The first kappa shape index (κ1) is 14.6. The third-order valence-corrected chi connectivity index (χ3v) is 3.87. The van der Waals surface area contributed by atoms with Gasteiger partial charge < -0.3 is 4.42 Å². The Morgan fingerprint density at radius 2 is 2.05 bits per heavy atom. The van der Waals surface area contributed by atoms with Crippen molar-refractivity contribution in [3.05, 3.63) is 24.1 Å². The Morgan fingerprint density at radius 1 is 1.35 bits per heavy atom. The number of aromatic nitrogens is 1. The molecule has 2 aromatic rings. The highest BCUT2D eigenvalue weighted by molar-refractivity contribution is 7.92. The van der Waals surface area contributed by atoms with Gasteiger partial charge in [-0.2, -0.15) is 13.2 Å². The SMILES string of the molecule is CCCS(=O)(=O)Nc1ccc2oc(C(F)(F)F)nc2c1. The normalized spacial score (nSPS) is 12.8. The number of halogens is 3. The maximum atomic E-state index is 12.4. The number of hydrogen-bond acceptors (Lipinski definition) is 4. The van der Waals surface area contributed by atoms with E-state index >= 15 is 0 Å². The molecule has 1 heterocycles. The molecule has 20 heavy (non-hydrogen) atoms. The zero-order valence-electron chi connectivity index (χ0n) is 10.4. The van der Waals surface area contributed by atoms with Crippen molar-refractivity contribution in [3.63, 3.8) is 0 Å². The molecule has 5 nitrogen and oxygen atoms in total. The Hall–Kier alpha value is -1.77. The number of fused-ring (bicyclic) bond motifs is 1. The topological polar surface area (TPSA) is 72.2 Å². The molecular weight excluding hydrogens is 297 g/mol. The van der Waals surface area contributed by atoms with Gasteiger partial charge in [-0.3, -0.25) is 4.72 Å². The molecule has 1 aromatic carbocycles. The van der Waals surface area contributed by atoms with Crippen LogP contribution in [-0.4, -0.2) is 19.2 Å². The molecule has 0 atom stereocenters. The largest absolute Gasteiger partial charge is 0.468 e. The summed E-state index contributed by atoms with van der Waals surface area (Å²) in [6.07, 6.45) is -4.25. The molecule has 2 rings (SSSR count). The van der Waals surface area contributed by atoms with E-state index < -0.39 is 22.1 Å². The highest BCUT2D eigenvalue weighted by Crippen LogP contribution is 2.31. The van der Waals surface area contributed by atoms with Crippen molar-refractivity contribution < 1.29 is 26.0 Å². The maximum absolute atomic E-state index is 12.4. The van der Waals surface area contributed by atoms with Crippen LogP contribution in [0.1, 0.15) is 19.2 Å². The lowest BCUT2D eigenvalue weighted by Gasteiger charge is -2.05. The van der Waals surface area contributed by atoms with E-state index in [4.69, 9.17) is 0 Å². The molecule has 0 radical (unpaired) electrons. The summed E-state index contributed by atoms with van der Waals surface area (Å²) in [5.41, 5.74) is 0.0257. The average molecular weight is 308 g/mol. The van der Waals surface area contributed by atoms with Crippen LogP contribution in [0.3, 0.4) is 0 Å². The van der Waals surface area contributed by atoms with E-state index in [1.165, 1.54) is 18.2 Å². The Kier molecular flexibility index (Phi) is 3.63. The number of nitrogens with one attached hydrogen (secondary N) is 1. The van der Waals surface area contributed by atoms with Crippen LogP contribution in [0.2, 0.25) is 0 Å². The van der Waals surface area contributed by atoms with Crippen LogP contribution in [0, 0.1) is 0 Å². The van der Waals surface area contributed by atoms with Crippen molar-refractivity contribution in [2.24, 2.45) is 0 Å². The highest BCUT2D eigenvalue weighted by atomic mass is 32.2. The molecule has 0 spiro atoms.